The van der Waals surface area contributed by atoms with Crippen LogP contribution in [0.3, 0.4) is 0 Å². The quantitative estimate of drug-likeness (QED) is 0.860. The molecule has 1 N–H and O–H groups in total. The van der Waals surface area contributed by atoms with Gasteiger partial charge in [-0.2, -0.15) is 0 Å². The third kappa shape index (κ3) is 3.26. The highest BCUT2D eigenvalue weighted by atomic mass is 16.5. The fourth-order valence-electron chi connectivity index (χ4n) is 4.08. The fraction of sp³-hybridized carbons (Fsp3) is 0.684. The lowest BCUT2D eigenvalue weighted by Gasteiger charge is -2.44. The minimum atomic E-state index is 0.409. The molecule has 2 nitrogen and oxygen atoms in total. The SMILES string of the molecule is CNC(c1cc(C)c(OC)cc1C)C1CCCCC1(C)C. The Labute approximate surface area is 130 Å². The molecule has 0 saturated heterocycles. The molecule has 2 unspecified atom stereocenters. The van der Waals surface area contributed by atoms with E-state index >= 15 is 0 Å². The van der Waals surface area contributed by atoms with Gasteiger partial charge in [0.25, 0.3) is 0 Å². The normalized spacial score (nSPS) is 22.9. The lowest BCUT2D eigenvalue weighted by Crippen LogP contribution is -2.38. The van der Waals surface area contributed by atoms with Crippen LogP contribution in [0.25, 0.3) is 0 Å². The summed E-state index contributed by atoms with van der Waals surface area (Å²) in [4.78, 5) is 0. The van der Waals surface area contributed by atoms with Crippen molar-refractivity contribution in [1.82, 2.24) is 5.32 Å². The standard InChI is InChI=1S/C19H31NO/c1-13-12-17(21-6)14(2)11-15(13)18(20-5)16-9-7-8-10-19(16,3)4/h11-12,16,18,20H,7-10H2,1-6H3. The Bertz CT molecular complexity index is 493. The van der Waals surface area contributed by atoms with E-state index in [9.17, 15) is 0 Å². The van der Waals surface area contributed by atoms with Crippen molar-refractivity contribution in [3.63, 3.8) is 0 Å². The summed E-state index contributed by atoms with van der Waals surface area (Å²) in [5, 5.41) is 3.61. The van der Waals surface area contributed by atoms with Crippen LogP contribution in [0.2, 0.25) is 0 Å². The molecule has 0 spiro atoms. The molecular weight excluding hydrogens is 258 g/mol. The van der Waals surface area contributed by atoms with Gasteiger partial charge in [-0.25, -0.2) is 0 Å². The van der Waals surface area contributed by atoms with Gasteiger partial charge in [-0.15, -0.1) is 0 Å². The largest absolute Gasteiger partial charge is 0.496 e. The zero-order valence-electron chi connectivity index (χ0n) is 14.5. The number of ether oxygens (including phenoxy) is 1. The molecule has 1 aromatic carbocycles. The zero-order valence-corrected chi connectivity index (χ0v) is 14.5. The molecule has 0 heterocycles. The van der Waals surface area contributed by atoms with Gasteiger partial charge in [-0.3, -0.25) is 0 Å². The van der Waals surface area contributed by atoms with E-state index < -0.39 is 0 Å². The molecule has 1 aliphatic rings. The number of nitrogens with one attached hydrogen (secondary N) is 1. The molecule has 0 bridgehead atoms. The van der Waals surface area contributed by atoms with Gasteiger partial charge in [0, 0.05) is 6.04 Å². The van der Waals surface area contributed by atoms with Crippen molar-refractivity contribution in [1.29, 1.82) is 0 Å². The number of aryl methyl sites for hydroxylation is 2. The number of rotatable bonds is 4. The van der Waals surface area contributed by atoms with Gasteiger partial charge < -0.3 is 10.1 Å². The molecule has 1 aromatic rings. The number of benzene rings is 1. The van der Waals surface area contributed by atoms with E-state index in [0.29, 0.717) is 17.4 Å². The second-order valence-electron chi connectivity index (χ2n) is 7.29. The summed E-state index contributed by atoms with van der Waals surface area (Å²) in [7, 11) is 3.86. The van der Waals surface area contributed by atoms with Gasteiger partial charge >= 0.3 is 0 Å². The Balaban J connectivity index is 2.39. The average molecular weight is 289 g/mol. The van der Waals surface area contributed by atoms with Crippen LogP contribution in [0, 0.1) is 25.2 Å². The summed E-state index contributed by atoms with van der Waals surface area (Å²) in [5.74, 6) is 1.69. The maximum atomic E-state index is 5.46. The third-order valence-corrected chi connectivity index (χ3v) is 5.42. The second kappa shape index (κ2) is 6.39. The van der Waals surface area contributed by atoms with Gasteiger partial charge in [-0.05, 0) is 67.8 Å². The molecule has 0 aliphatic heterocycles. The second-order valence-corrected chi connectivity index (χ2v) is 7.29. The van der Waals surface area contributed by atoms with Crippen LogP contribution in [0.4, 0.5) is 0 Å². The van der Waals surface area contributed by atoms with Crippen LogP contribution in [0.1, 0.15) is 62.3 Å². The van der Waals surface area contributed by atoms with Gasteiger partial charge in [0.1, 0.15) is 5.75 Å². The molecule has 2 atom stereocenters. The monoisotopic (exact) mass is 289 g/mol. The number of methoxy groups -OCH3 is 1. The smallest absolute Gasteiger partial charge is 0.122 e. The number of hydrogen-bond acceptors (Lipinski definition) is 2. The summed E-state index contributed by atoms with van der Waals surface area (Å²) in [6.07, 6.45) is 5.40. The summed E-state index contributed by atoms with van der Waals surface area (Å²) >= 11 is 0. The Morgan fingerprint density at radius 3 is 2.48 bits per heavy atom. The van der Waals surface area contributed by atoms with Crippen molar-refractivity contribution in [3.8, 4) is 5.75 Å². The van der Waals surface area contributed by atoms with Crippen LogP contribution in [0.5, 0.6) is 5.75 Å². The summed E-state index contributed by atoms with van der Waals surface area (Å²) in [6.45, 7) is 9.22. The molecule has 21 heavy (non-hydrogen) atoms. The van der Waals surface area contributed by atoms with E-state index in [2.05, 4.69) is 52.2 Å². The summed E-state index contributed by atoms with van der Waals surface area (Å²) < 4.78 is 5.46. The molecule has 2 rings (SSSR count). The van der Waals surface area contributed by atoms with E-state index in [1.54, 1.807) is 7.11 Å². The van der Waals surface area contributed by atoms with Crippen LogP contribution in [-0.4, -0.2) is 14.2 Å². The van der Waals surface area contributed by atoms with Crippen LogP contribution >= 0.6 is 0 Å². The predicted molar refractivity (Wildman–Crippen MR) is 90.0 cm³/mol. The lowest BCUT2D eigenvalue weighted by atomic mass is 9.64. The van der Waals surface area contributed by atoms with Crippen LogP contribution < -0.4 is 10.1 Å². The highest BCUT2D eigenvalue weighted by Crippen LogP contribution is 2.47. The molecule has 118 valence electrons. The minimum Gasteiger partial charge on any atom is -0.496 e. The van der Waals surface area contributed by atoms with E-state index in [-0.39, 0.29) is 0 Å². The molecule has 1 saturated carbocycles. The topological polar surface area (TPSA) is 21.3 Å². The van der Waals surface area contributed by atoms with Gasteiger partial charge in [-0.1, -0.05) is 32.8 Å². The number of hydrogen-bond donors (Lipinski definition) is 1. The Hall–Kier alpha value is -1.02. The Kier molecular flexibility index (Phi) is 4.98. The molecule has 0 radical (unpaired) electrons. The fourth-order valence-corrected chi connectivity index (χ4v) is 4.08. The van der Waals surface area contributed by atoms with E-state index in [4.69, 9.17) is 4.74 Å². The van der Waals surface area contributed by atoms with E-state index in [1.807, 2.05) is 0 Å². The Morgan fingerprint density at radius 1 is 1.19 bits per heavy atom. The van der Waals surface area contributed by atoms with Crippen molar-refractivity contribution in [2.24, 2.45) is 11.3 Å². The predicted octanol–water partition coefficient (Wildman–Crippen LogP) is 4.79. The van der Waals surface area contributed by atoms with Crippen LogP contribution in [0.15, 0.2) is 12.1 Å². The first kappa shape index (κ1) is 16.4. The van der Waals surface area contributed by atoms with E-state index in [0.717, 1.165) is 5.75 Å². The van der Waals surface area contributed by atoms with Crippen molar-refractivity contribution in [2.45, 2.75) is 59.4 Å². The van der Waals surface area contributed by atoms with Crippen molar-refractivity contribution < 1.29 is 4.74 Å². The first-order valence-electron chi connectivity index (χ1n) is 8.23. The molecule has 1 aliphatic carbocycles. The maximum absolute atomic E-state index is 5.46. The molecule has 1 fully saturated rings. The zero-order chi connectivity index (χ0) is 15.6. The first-order valence-corrected chi connectivity index (χ1v) is 8.23. The van der Waals surface area contributed by atoms with Gasteiger partial charge in [0.2, 0.25) is 0 Å². The molecule has 0 aromatic heterocycles. The van der Waals surface area contributed by atoms with Gasteiger partial charge in [0.15, 0.2) is 0 Å². The summed E-state index contributed by atoms with van der Waals surface area (Å²) in [5.41, 5.74) is 4.41. The van der Waals surface area contributed by atoms with Crippen molar-refractivity contribution in [3.05, 3.63) is 28.8 Å². The molecule has 0 amide bonds. The Morgan fingerprint density at radius 2 is 1.90 bits per heavy atom. The van der Waals surface area contributed by atoms with Crippen molar-refractivity contribution >= 4 is 0 Å². The first-order chi connectivity index (χ1) is 9.90. The minimum absolute atomic E-state index is 0.409. The lowest BCUT2D eigenvalue weighted by molar-refractivity contribution is 0.101. The highest BCUT2D eigenvalue weighted by Gasteiger charge is 2.38. The highest BCUT2D eigenvalue weighted by molar-refractivity contribution is 5.43. The van der Waals surface area contributed by atoms with Crippen molar-refractivity contribution in [2.75, 3.05) is 14.2 Å². The van der Waals surface area contributed by atoms with E-state index in [1.165, 1.54) is 42.4 Å². The molecular formula is C19H31NO. The van der Waals surface area contributed by atoms with Gasteiger partial charge in [0.05, 0.1) is 7.11 Å². The maximum Gasteiger partial charge on any atom is 0.122 e. The average Bonchev–Trinajstić information content (AvgIpc) is 2.44. The summed E-state index contributed by atoms with van der Waals surface area (Å²) in [6, 6.07) is 4.94. The van der Waals surface area contributed by atoms with Crippen LogP contribution in [-0.2, 0) is 0 Å². The molecule has 2 heteroatoms. The third-order valence-electron chi connectivity index (χ3n) is 5.42.